The van der Waals surface area contributed by atoms with Gasteiger partial charge in [-0.1, -0.05) is 6.42 Å². The second kappa shape index (κ2) is 7.25. The fourth-order valence-electron chi connectivity index (χ4n) is 0.870. The third-order valence-electron chi connectivity index (χ3n) is 1.62. The maximum absolute atomic E-state index is 9.92. The Bertz CT molecular complexity index is 177. The first-order valence-electron chi connectivity index (χ1n) is 4.19. The molecule has 1 fully saturated rings. The summed E-state index contributed by atoms with van der Waals surface area (Å²) < 4.78 is 27.5. The van der Waals surface area contributed by atoms with Crippen molar-refractivity contribution in [1.82, 2.24) is 5.32 Å². The van der Waals surface area contributed by atoms with Crippen molar-refractivity contribution >= 4 is 10.4 Å². The van der Waals surface area contributed by atoms with Crippen molar-refractivity contribution in [3.05, 3.63) is 0 Å². The minimum atomic E-state index is -3.66. The molecule has 0 aromatic rings. The zero-order chi connectivity index (χ0) is 10.2. The van der Waals surface area contributed by atoms with Crippen molar-refractivity contribution < 1.29 is 16.8 Å². The lowest BCUT2D eigenvalue weighted by Crippen LogP contribution is -2.21. The van der Waals surface area contributed by atoms with Crippen molar-refractivity contribution in [2.45, 2.75) is 19.3 Å². The smallest absolute Gasteiger partial charge is 0.317 e. The maximum Gasteiger partial charge on any atom is 0.399 e. The van der Waals surface area contributed by atoms with Gasteiger partial charge in [-0.3, -0.25) is 8.37 Å². The highest BCUT2D eigenvalue weighted by molar-refractivity contribution is 7.81. The molecule has 1 N–H and O–H groups in total. The largest absolute Gasteiger partial charge is 0.399 e. The Kier molecular flexibility index (Phi) is 7.16. The predicted molar refractivity (Wildman–Crippen MR) is 49.7 cm³/mol. The first-order chi connectivity index (χ1) is 6.12. The zero-order valence-corrected chi connectivity index (χ0v) is 8.89. The molecule has 1 saturated heterocycles. The van der Waals surface area contributed by atoms with Crippen LogP contribution in [-0.2, 0) is 18.8 Å². The van der Waals surface area contributed by atoms with E-state index in [2.05, 4.69) is 13.7 Å². The zero-order valence-electron chi connectivity index (χ0n) is 8.08. The molecule has 0 aliphatic carbocycles. The summed E-state index contributed by atoms with van der Waals surface area (Å²) in [6, 6.07) is 0. The van der Waals surface area contributed by atoms with E-state index in [0.717, 1.165) is 14.2 Å². The molecule has 0 spiro atoms. The van der Waals surface area contributed by atoms with Crippen molar-refractivity contribution in [3.8, 4) is 0 Å². The number of rotatable bonds is 2. The molecular weight excluding hydrogens is 194 g/mol. The van der Waals surface area contributed by atoms with Crippen LogP contribution in [0.2, 0.25) is 0 Å². The fraction of sp³-hybridized carbons (Fsp3) is 1.00. The van der Waals surface area contributed by atoms with Crippen LogP contribution in [0.3, 0.4) is 0 Å². The molecule has 5 nitrogen and oxygen atoms in total. The van der Waals surface area contributed by atoms with Gasteiger partial charge in [0.25, 0.3) is 0 Å². The lowest BCUT2D eigenvalue weighted by Gasteiger charge is -2.08. The SMILES string of the molecule is C1CCNCC1.COS(=O)(=O)OC. The van der Waals surface area contributed by atoms with Gasteiger partial charge in [0.15, 0.2) is 0 Å². The molecule has 1 aliphatic heterocycles. The highest BCUT2D eigenvalue weighted by Crippen LogP contribution is 1.96. The molecule has 6 heteroatoms. The Morgan fingerprint density at radius 2 is 1.46 bits per heavy atom. The summed E-state index contributed by atoms with van der Waals surface area (Å²) in [5.41, 5.74) is 0. The van der Waals surface area contributed by atoms with Gasteiger partial charge in [-0.25, -0.2) is 0 Å². The second-order valence-corrected chi connectivity index (χ2v) is 4.04. The monoisotopic (exact) mass is 211 g/mol. The summed E-state index contributed by atoms with van der Waals surface area (Å²) in [7, 11) is -1.60. The van der Waals surface area contributed by atoms with Crippen LogP contribution in [0.1, 0.15) is 19.3 Å². The molecule has 13 heavy (non-hydrogen) atoms. The fourth-order valence-corrected chi connectivity index (χ4v) is 1.01. The van der Waals surface area contributed by atoms with E-state index < -0.39 is 10.4 Å². The molecule has 0 atom stereocenters. The van der Waals surface area contributed by atoms with Gasteiger partial charge in [0.2, 0.25) is 0 Å². The molecule has 80 valence electrons. The van der Waals surface area contributed by atoms with Crippen LogP contribution in [0.25, 0.3) is 0 Å². The van der Waals surface area contributed by atoms with Crippen LogP contribution in [0, 0.1) is 0 Å². The molecule has 0 aromatic heterocycles. The van der Waals surface area contributed by atoms with Crippen LogP contribution in [0.4, 0.5) is 0 Å². The summed E-state index contributed by atoms with van der Waals surface area (Å²) in [5, 5.41) is 3.28. The van der Waals surface area contributed by atoms with E-state index in [0.29, 0.717) is 0 Å². The van der Waals surface area contributed by atoms with Gasteiger partial charge >= 0.3 is 10.4 Å². The quantitative estimate of drug-likeness (QED) is 0.711. The van der Waals surface area contributed by atoms with Gasteiger partial charge < -0.3 is 5.32 Å². The minimum Gasteiger partial charge on any atom is -0.317 e. The third-order valence-corrected chi connectivity index (χ3v) is 2.43. The molecule has 0 radical (unpaired) electrons. The van der Waals surface area contributed by atoms with E-state index in [1.54, 1.807) is 0 Å². The van der Waals surface area contributed by atoms with Crippen LogP contribution < -0.4 is 5.32 Å². The van der Waals surface area contributed by atoms with Gasteiger partial charge in [0.1, 0.15) is 0 Å². The molecule has 0 unspecified atom stereocenters. The maximum atomic E-state index is 9.92. The van der Waals surface area contributed by atoms with E-state index in [1.165, 1.54) is 32.4 Å². The van der Waals surface area contributed by atoms with Crippen molar-refractivity contribution in [2.24, 2.45) is 0 Å². The van der Waals surface area contributed by atoms with Crippen LogP contribution in [0.15, 0.2) is 0 Å². The van der Waals surface area contributed by atoms with Gasteiger partial charge in [-0.2, -0.15) is 8.42 Å². The topological polar surface area (TPSA) is 64.6 Å². The molecule has 1 rings (SSSR count). The standard InChI is InChI=1S/C5H11N.C2H6O4S/c1-2-4-6-5-3-1;1-5-7(3,4)6-2/h6H,1-5H2;1-2H3. The van der Waals surface area contributed by atoms with Gasteiger partial charge in [-0.15, -0.1) is 0 Å². The van der Waals surface area contributed by atoms with E-state index in [9.17, 15) is 8.42 Å². The Hall–Kier alpha value is -0.170. The van der Waals surface area contributed by atoms with E-state index in [4.69, 9.17) is 0 Å². The Morgan fingerprint density at radius 1 is 1.00 bits per heavy atom. The summed E-state index contributed by atoms with van der Waals surface area (Å²) in [6.45, 7) is 2.50. The number of nitrogens with one attached hydrogen (secondary N) is 1. The molecule has 1 aliphatic rings. The molecule has 0 saturated carbocycles. The summed E-state index contributed by atoms with van der Waals surface area (Å²) in [6.07, 6.45) is 4.22. The highest BCUT2D eigenvalue weighted by atomic mass is 32.3. The Balaban J connectivity index is 0.000000223. The molecule has 0 bridgehead atoms. The van der Waals surface area contributed by atoms with Gasteiger partial charge in [0.05, 0.1) is 14.2 Å². The van der Waals surface area contributed by atoms with Crippen LogP contribution in [0.5, 0.6) is 0 Å². The summed E-state index contributed by atoms with van der Waals surface area (Å²) >= 11 is 0. The molecule has 0 amide bonds. The second-order valence-electron chi connectivity index (χ2n) is 2.55. The number of hydrogen-bond donors (Lipinski definition) is 1. The van der Waals surface area contributed by atoms with Crippen molar-refractivity contribution in [1.29, 1.82) is 0 Å². The highest BCUT2D eigenvalue weighted by Gasteiger charge is 2.01. The lowest BCUT2D eigenvalue weighted by molar-refractivity contribution is 0.286. The first-order valence-corrected chi connectivity index (χ1v) is 5.52. The average Bonchev–Trinajstić information content (AvgIpc) is 2.21. The molecule has 1 heterocycles. The predicted octanol–water partition coefficient (Wildman–Crippen LogP) is 0.284. The molecular formula is C7H17NO4S. The van der Waals surface area contributed by atoms with Crippen molar-refractivity contribution in [2.75, 3.05) is 27.3 Å². The Labute approximate surface area is 79.7 Å². The number of piperidine rings is 1. The summed E-state index contributed by atoms with van der Waals surface area (Å²) in [4.78, 5) is 0. The summed E-state index contributed by atoms with van der Waals surface area (Å²) in [5.74, 6) is 0. The lowest BCUT2D eigenvalue weighted by atomic mass is 10.2. The van der Waals surface area contributed by atoms with Crippen LogP contribution >= 0.6 is 0 Å². The van der Waals surface area contributed by atoms with E-state index >= 15 is 0 Å². The minimum absolute atomic E-state index is 1.03. The van der Waals surface area contributed by atoms with Crippen LogP contribution in [-0.4, -0.2) is 35.7 Å². The van der Waals surface area contributed by atoms with Gasteiger partial charge in [-0.05, 0) is 25.9 Å². The average molecular weight is 211 g/mol. The third kappa shape index (κ3) is 8.17. The van der Waals surface area contributed by atoms with Crippen molar-refractivity contribution in [3.63, 3.8) is 0 Å². The molecule has 0 aromatic carbocycles. The Morgan fingerprint density at radius 3 is 1.54 bits per heavy atom. The van der Waals surface area contributed by atoms with Gasteiger partial charge in [0, 0.05) is 0 Å². The van der Waals surface area contributed by atoms with E-state index in [-0.39, 0.29) is 0 Å². The first kappa shape index (κ1) is 12.8. The van der Waals surface area contributed by atoms with E-state index in [1.807, 2.05) is 0 Å². The number of hydrogen-bond acceptors (Lipinski definition) is 5. The normalized spacial score (nSPS) is 17.4.